The van der Waals surface area contributed by atoms with Crippen molar-refractivity contribution in [1.82, 2.24) is 5.32 Å². The zero-order valence-corrected chi connectivity index (χ0v) is 17.7. The van der Waals surface area contributed by atoms with Crippen LogP contribution < -0.4 is 10.2 Å². The van der Waals surface area contributed by atoms with Crippen LogP contribution in [0.5, 0.6) is 0 Å². The number of imide groups is 2. The summed E-state index contributed by atoms with van der Waals surface area (Å²) in [4.78, 5) is 38.4. The monoisotopic (exact) mass is 450 g/mol. The Balaban J connectivity index is 1.58. The minimum Gasteiger partial charge on any atom is -0.273 e. The van der Waals surface area contributed by atoms with Crippen LogP contribution in [0.15, 0.2) is 78.4 Å². The summed E-state index contributed by atoms with van der Waals surface area (Å²) < 4.78 is 0. The highest BCUT2D eigenvalue weighted by molar-refractivity contribution is 6.39. The summed E-state index contributed by atoms with van der Waals surface area (Å²) in [5, 5.41) is 3.37. The first-order chi connectivity index (χ1) is 14.9. The lowest BCUT2D eigenvalue weighted by molar-refractivity contribution is -0.122. The van der Waals surface area contributed by atoms with Crippen molar-refractivity contribution in [2.45, 2.75) is 6.42 Å². The number of nitrogens with zero attached hydrogens (tertiary/aromatic N) is 1. The van der Waals surface area contributed by atoms with Crippen LogP contribution in [0.4, 0.5) is 10.5 Å². The zero-order valence-electron chi connectivity index (χ0n) is 16.1. The number of benzene rings is 3. The summed E-state index contributed by atoms with van der Waals surface area (Å²) in [7, 11) is 0. The van der Waals surface area contributed by atoms with Gasteiger partial charge in [-0.25, -0.2) is 9.69 Å². The van der Waals surface area contributed by atoms with Crippen molar-refractivity contribution >= 4 is 52.8 Å². The Hall–Kier alpha value is -3.41. The molecule has 0 aliphatic carbocycles. The number of amides is 4. The molecule has 0 spiro atoms. The van der Waals surface area contributed by atoms with E-state index < -0.39 is 17.8 Å². The van der Waals surface area contributed by atoms with Gasteiger partial charge in [0, 0.05) is 10.0 Å². The van der Waals surface area contributed by atoms with Gasteiger partial charge in [-0.1, -0.05) is 65.7 Å². The molecule has 1 saturated heterocycles. The standard InChI is InChI=1S/C24H16Cl2N2O3/c25-18-9-11-19(12-10-18)28-23(30)20(22(29)27-24(28)31)14-16-7-5-15(6-8-16)13-17-3-1-2-4-21(17)26/h1-12,14H,13H2,(H,27,29,31)/b20-14+. The van der Waals surface area contributed by atoms with Crippen molar-refractivity contribution in [2.75, 3.05) is 4.90 Å². The van der Waals surface area contributed by atoms with Crippen LogP contribution in [-0.2, 0) is 16.0 Å². The predicted molar refractivity (Wildman–Crippen MR) is 121 cm³/mol. The number of anilines is 1. The Morgan fingerprint density at radius 3 is 2.19 bits per heavy atom. The van der Waals surface area contributed by atoms with Crippen LogP contribution in [0.25, 0.3) is 6.08 Å². The summed E-state index contributed by atoms with van der Waals surface area (Å²) in [6.07, 6.45) is 2.13. The number of barbiturate groups is 1. The summed E-state index contributed by atoms with van der Waals surface area (Å²) >= 11 is 12.1. The van der Waals surface area contributed by atoms with Gasteiger partial charge < -0.3 is 0 Å². The minimum atomic E-state index is -0.801. The molecule has 1 aliphatic rings. The van der Waals surface area contributed by atoms with E-state index in [9.17, 15) is 14.4 Å². The molecular formula is C24H16Cl2N2O3. The van der Waals surface area contributed by atoms with E-state index in [1.54, 1.807) is 12.1 Å². The molecule has 4 rings (SSSR count). The maximum Gasteiger partial charge on any atom is 0.335 e. The van der Waals surface area contributed by atoms with Gasteiger partial charge in [0.1, 0.15) is 5.57 Å². The molecule has 5 nitrogen and oxygen atoms in total. The molecule has 0 bridgehead atoms. The van der Waals surface area contributed by atoms with Crippen LogP contribution in [-0.4, -0.2) is 17.8 Å². The first kappa shape index (κ1) is 20.8. The summed E-state index contributed by atoms with van der Waals surface area (Å²) in [6, 6.07) is 20.5. The van der Waals surface area contributed by atoms with Crippen molar-refractivity contribution < 1.29 is 14.4 Å². The number of hydrogen-bond acceptors (Lipinski definition) is 3. The van der Waals surface area contributed by atoms with Gasteiger partial charge >= 0.3 is 6.03 Å². The molecule has 1 heterocycles. The second kappa shape index (κ2) is 8.76. The van der Waals surface area contributed by atoms with Gasteiger partial charge in [-0.05, 0) is 59.5 Å². The van der Waals surface area contributed by atoms with Gasteiger partial charge in [-0.3, -0.25) is 14.9 Å². The summed E-state index contributed by atoms with van der Waals surface area (Å²) in [5.74, 6) is -1.43. The summed E-state index contributed by atoms with van der Waals surface area (Å²) in [6.45, 7) is 0. The quantitative estimate of drug-likeness (QED) is 0.435. The van der Waals surface area contributed by atoms with E-state index in [0.717, 1.165) is 16.0 Å². The van der Waals surface area contributed by atoms with E-state index in [-0.39, 0.29) is 5.57 Å². The Bertz CT molecular complexity index is 1200. The second-order valence-corrected chi connectivity index (χ2v) is 7.79. The minimum absolute atomic E-state index is 0.131. The van der Waals surface area contributed by atoms with Crippen molar-refractivity contribution in [3.05, 3.63) is 105 Å². The van der Waals surface area contributed by atoms with Gasteiger partial charge in [0.05, 0.1) is 5.69 Å². The summed E-state index contributed by atoms with van der Waals surface area (Å²) in [5.41, 5.74) is 2.89. The van der Waals surface area contributed by atoms with Crippen molar-refractivity contribution in [2.24, 2.45) is 0 Å². The molecule has 4 amide bonds. The third-order valence-electron chi connectivity index (χ3n) is 4.83. The van der Waals surface area contributed by atoms with Crippen molar-refractivity contribution in [3.63, 3.8) is 0 Å². The topological polar surface area (TPSA) is 66.5 Å². The van der Waals surface area contributed by atoms with Gasteiger partial charge in [-0.15, -0.1) is 0 Å². The number of carbonyl (C=O) groups is 3. The Morgan fingerprint density at radius 2 is 1.52 bits per heavy atom. The molecule has 31 heavy (non-hydrogen) atoms. The molecule has 1 fully saturated rings. The Kier molecular flexibility index (Phi) is 5.89. The van der Waals surface area contributed by atoms with Crippen LogP contribution in [0.1, 0.15) is 16.7 Å². The highest BCUT2D eigenvalue weighted by Gasteiger charge is 2.36. The molecule has 0 atom stereocenters. The first-order valence-corrected chi connectivity index (χ1v) is 10.2. The third-order valence-corrected chi connectivity index (χ3v) is 5.45. The fraction of sp³-hybridized carbons (Fsp3) is 0.0417. The van der Waals surface area contributed by atoms with E-state index in [2.05, 4.69) is 5.32 Å². The third kappa shape index (κ3) is 4.53. The van der Waals surface area contributed by atoms with E-state index in [0.29, 0.717) is 27.7 Å². The second-order valence-electron chi connectivity index (χ2n) is 6.94. The fourth-order valence-electron chi connectivity index (χ4n) is 3.24. The van der Waals surface area contributed by atoms with Crippen LogP contribution >= 0.6 is 23.2 Å². The molecule has 0 saturated carbocycles. The van der Waals surface area contributed by atoms with Crippen molar-refractivity contribution in [1.29, 1.82) is 0 Å². The smallest absolute Gasteiger partial charge is 0.273 e. The molecule has 3 aromatic carbocycles. The number of nitrogens with one attached hydrogen (secondary N) is 1. The highest BCUT2D eigenvalue weighted by Crippen LogP contribution is 2.24. The van der Waals surface area contributed by atoms with Crippen LogP contribution in [0, 0.1) is 0 Å². The zero-order chi connectivity index (χ0) is 22.0. The van der Waals surface area contributed by atoms with Gasteiger partial charge in [0.2, 0.25) is 0 Å². The normalized spacial score (nSPS) is 15.4. The largest absolute Gasteiger partial charge is 0.335 e. The molecule has 0 unspecified atom stereocenters. The molecule has 1 N–H and O–H groups in total. The van der Waals surface area contributed by atoms with Crippen LogP contribution in [0.2, 0.25) is 10.0 Å². The van der Waals surface area contributed by atoms with E-state index in [4.69, 9.17) is 23.2 Å². The van der Waals surface area contributed by atoms with Gasteiger partial charge in [0.25, 0.3) is 11.8 Å². The molecule has 0 radical (unpaired) electrons. The molecule has 3 aromatic rings. The molecule has 154 valence electrons. The Labute approximate surface area is 188 Å². The average molecular weight is 451 g/mol. The number of halogens is 2. The highest BCUT2D eigenvalue weighted by atomic mass is 35.5. The molecule has 0 aromatic heterocycles. The maximum atomic E-state index is 12.9. The van der Waals surface area contributed by atoms with Crippen molar-refractivity contribution in [3.8, 4) is 0 Å². The van der Waals surface area contributed by atoms with E-state index >= 15 is 0 Å². The molecule has 1 aliphatic heterocycles. The lowest BCUT2D eigenvalue weighted by Crippen LogP contribution is -2.54. The number of hydrogen-bond donors (Lipinski definition) is 1. The van der Waals surface area contributed by atoms with E-state index in [1.165, 1.54) is 18.2 Å². The predicted octanol–water partition coefficient (Wildman–Crippen LogP) is 5.25. The molecular weight excluding hydrogens is 435 g/mol. The number of rotatable bonds is 4. The lowest BCUT2D eigenvalue weighted by Gasteiger charge is -2.26. The number of carbonyl (C=O) groups excluding carboxylic acids is 3. The van der Waals surface area contributed by atoms with Gasteiger partial charge in [-0.2, -0.15) is 0 Å². The first-order valence-electron chi connectivity index (χ1n) is 9.42. The number of urea groups is 1. The van der Waals surface area contributed by atoms with Crippen LogP contribution in [0.3, 0.4) is 0 Å². The SMILES string of the molecule is O=C1NC(=O)N(c2ccc(Cl)cc2)C(=O)/C1=C/c1ccc(Cc2ccccc2Cl)cc1. The van der Waals surface area contributed by atoms with Gasteiger partial charge in [0.15, 0.2) is 0 Å². The maximum absolute atomic E-state index is 12.9. The molecule has 7 heteroatoms. The fourth-order valence-corrected chi connectivity index (χ4v) is 3.57. The lowest BCUT2D eigenvalue weighted by atomic mass is 10.0. The Morgan fingerprint density at radius 1 is 0.839 bits per heavy atom. The average Bonchev–Trinajstić information content (AvgIpc) is 2.75. The van der Waals surface area contributed by atoms with E-state index in [1.807, 2.05) is 48.5 Å².